The molecule has 0 saturated heterocycles. The lowest BCUT2D eigenvalue weighted by atomic mass is 10.1. The highest BCUT2D eigenvalue weighted by atomic mass is 32.2. The summed E-state index contributed by atoms with van der Waals surface area (Å²) in [6.07, 6.45) is 0. The van der Waals surface area contributed by atoms with Gasteiger partial charge in [0.1, 0.15) is 0 Å². The Morgan fingerprint density at radius 1 is 1.20 bits per heavy atom. The largest absolute Gasteiger partial charge is 0.279 e. The summed E-state index contributed by atoms with van der Waals surface area (Å²) in [7, 11) is 0. The third-order valence-electron chi connectivity index (χ3n) is 3.18. The number of thioether (sulfide) groups is 1. The van der Waals surface area contributed by atoms with E-state index < -0.39 is 0 Å². The number of thiophene rings is 1. The van der Waals surface area contributed by atoms with Crippen molar-refractivity contribution in [3.8, 4) is 11.4 Å². The molecule has 1 aromatic carbocycles. The Hall–Kier alpha value is -2.65. The standard InChI is InChI=1S/C16H15N5O2S2/c1-10-4-6-11(7-5-10)14-17-16(21-19-14)25-9-13(22)18-20-15(23)12-3-2-8-24-12/h2-8H,9H2,1H3,(H,18,22)(H,20,23)(H,17,19,21). The van der Waals surface area contributed by atoms with Gasteiger partial charge in [-0.3, -0.25) is 25.5 Å². The summed E-state index contributed by atoms with van der Waals surface area (Å²) in [5, 5.41) is 9.20. The summed E-state index contributed by atoms with van der Waals surface area (Å²) in [6.45, 7) is 2.02. The number of H-pyrrole nitrogens is 1. The lowest BCUT2D eigenvalue weighted by Crippen LogP contribution is -2.42. The number of amides is 2. The molecule has 0 aliphatic rings. The molecule has 0 bridgehead atoms. The highest BCUT2D eigenvalue weighted by Gasteiger charge is 2.11. The minimum atomic E-state index is -0.340. The summed E-state index contributed by atoms with van der Waals surface area (Å²) >= 11 is 2.48. The second kappa shape index (κ2) is 7.95. The fraction of sp³-hybridized carbons (Fsp3) is 0.125. The number of aromatic nitrogens is 3. The predicted molar refractivity (Wildman–Crippen MR) is 97.2 cm³/mol. The Kier molecular flexibility index (Phi) is 5.46. The molecule has 3 N–H and O–H groups in total. The van der Waals surface area contributed by atoms with E-state index in [2.05, 4.69) is 26.0 Å². The topological polar surface area (TPSA) is 99.8 Å². The molecule has 0 aliphatic carbocycles. The van der Waals surface area contributed by atoms with Crippen LogP contribution in [0.1, 0.15) is 15.2 Å². The van der Waals surface area contributed by atoms with Crippen molar-refractivity contribution in [3.63, 3.8) is 0 Å². The van der Waals surface area contributed by atoms with Gasteiger partial charge in [-0.15, -0.1) is 16.4 Å². The number of nitrogens with one attached hydrogen (secondary N) is 3. The number of hydrazine groups is 1. The van der Waals surface area contributed by atoms with E-state index in [1.165, 1.54) is 28.7 Å². The first kappa shape index (κ1) is 17.2. The Morgan fingerprint density at radius 2 is 2.00 bits per heavy atom. The Morgan fingerprint density at radius 3 is 2.72 bits per heavy atom. The third-order valence-corrected chi connectivity index (χ3v) is 4.90. The Bertz CT molecular complexity index is 859. The maximum atomic E-state index is 11.8. The number of benzene rings is 1. The summed E-state index contributed by atoms with van der Waals surface area (Å²) in [5.41, 5.74) is 6.83. The van der Waals surface area contributed by atoms with Gasteiger partial charge in [-0.2, -0.15) is 0 Å². The van der Waals surface area contributed by atoms with Gasteiger partial charge in [0, 0.05) is 5.56 Å². The fourth-order valence-corrected chi connectivity index (χ4v) is 3.13. The van der Waals surface area contributed by atoms with Crippen molar-refractivity contribution in [2.45, 2.75) is 12.1 Å². The van der Waals surface area contributed by atoms with Gasteiger partial charge in [-0.05, 0) is 18.4 Å². The molecule has 3 rings (SSSR count). The van der Waals surface area contributed by atoms with E-state index in [0.717, 1.165) is 5.56 Å². The zero-order chi connectivity index (χ0) is 17.6. The first-order chi connectivity index (χ1) is 12.1. The zero-order valence-corrected chi connectivity index (χ0v) is 14.9. The van der Waals surface area contributed by atoms with Crippen molar-refractivity contribution in [1.82, 2.24) is 26.0 Å². The normalized spacial score (nSPS) is 10.4. The quantitative estimate of drug-likeness (QED) is 0.471. The van der Waals surface area contributed by atoms with Gasteiger partial charge in [-0.1, -0.05) is 47.7 Å². The lowest BCUT2D eigenvalue weighted by molar-refractivity contribution is -0.119. The lowest BCUT2D eigenvalue weighted by Gasteiger charge is -2.04. The van der Waals surface area contributed by atoms with Crippen molar-refractivity contribution in [3.05, 3.63) is 52.2 Å². The summed E-state index contributed by atoms with van der Waals surface area (Å²) in [6, 6.07) is 11.4. The van der Waals surface area contributed by atoms with E-state index in [9.17, 15) is 9.59 Å². The van der Waals surface area contributed by atoms with Gasteiger partial charge >= 0.3 is 0 Å². The summed E-state index contributed by atoms with van der Waals surface area (Å²) in [5.74, 6) is 0.0639. The van der Waals surface area contributed by atoms with Gasteiger partial charge < -0.3 is 0 Å². The van der Waals surface area contributed by atoms with Crippen LogP contribution in [-0.2, 0) is 4.79 Å². The zero-order valence-electron chi connectivity index (χ0n) is 13.3. The van der Waals surface area contributed by atoms with Crippen LogP contribution < -0.4 is 10.9 Å². The SMILES string of the molecule is Cc1ccc(-c2nc(SCC(=O)NNC(=O)c3cccs3)n[nH]2)cc1. The van der Waals surface area contributed by atoms with Crippen molar-refractivity contribution in [2.75, 3.05) is 5.75 Å². The summed E-state index contributed by atoms with van der Waals surface area (Å²) in [4.78, 5) is 28.4. The van der Waals surface area contributed by atoms with Crippen LogP contribution in [0, 0.1) is 6.92 Å². The van der Waals surface area contributed by atoms with E-state index in [-0.39, 0.29) is 17.6 Å². The molecule has 0 unspecified atom stereocenters. The van der Waals surface area contributed by atoms with E-state index in [4.69, 9.17) is 0 Å². The monoisotopic (exact) mass is 373 g/mol. The number of carbonyl (C=O) groups excluding carboxylic acids is 2. The number of carbonyl (C=O) groups is 2. The molecule has 0 atom stereocenters. The number of rotatable bonds is 5. The molecule has 2 heterocycles. The van der Waals surface area contributed by atoms with E-state index in [1.807, 2.05) is 31.2 Å². The van der Waals surface area contributed by atoms with Gasteiger partial charge in [0.15, 0.2) is 5.82 Å². The van der Waals surface area contributed by atoms with Crippen LogP contribution in [0.25, 0.3) is 11.4 Å². The molecular weight excluding hydrogens is 358 g/mol. The second-order valence-corrected chi connectivity index (χ2v) is 6.99. The van der Waals surface area contributed by atoms with Gasteiger partial charge in [-0.25, -0.2) is 4.98 Å². The molecule has 128 valence electrons. The molecule has 2 aromatic heterocycles. The maximum absolute atomic E-state index is 11.8. The first-order valence-electron chi connectivity index (χ1n) is 7.37. The van der Waals surface area contributed by atoms with Crippen LogP contribution in [0.2, 0.25) is 0 Å². The molecular formula is C16H15N5O2S2. The minimum Gasteiger partial charge on any atom is -0.272 e. The molecule has 0 spiro atoms. The van der Waals surface area contributed by atoms with Crippen molar-refractivity contribution < 1.29 is 9.59 Å². The molecule has 2 amide bonds. The maximum Gasteiger partial charge on any atom is 0.279 e. The van der Waals surface area contributed by atoms with Crippen molar-refractivity contribution in [2.24, 2.45) is 0 Å². The predicted octanol–water partition coefficient (Wildman–Crippen LogP) is 2.39. The Balaban J connectivity index is 1.48. The molecule has 7 nitrogen and oxygen atoms in total. The van der Waals surface area contributed by atoms with E-state index in [1.54, 1.807) is 17.5 Å². The number of hydrogen-bond donors (Lipinski definition) is 3. The number of aromatic amines is 1. The molecule has 0 aliphatic heterocycles. The van der Waals surface area contributed by atoms with Crippen molar-refractivity contribution in [1.29, 1.82) is 0 Å². The van der Waals surface area contributed by atoms with Crippen LogP contribution in [0.4, 0.5) is 0 Å². The molecule has 25 heavy (non-hydrogen) atoms. The molecule has 0 saturated carbocycles. The highest BCUT2D eigenvalue weighted by molar-refractivity contribution is 7.99. The minimum absolute atomic E-state index is 0.0932. The first-order valence-corrected chi connectivity index (χ1v) is 9.23. The van der Waals surface area contributed by atoms with E-state index in [0.29, 0.717) is 15.9 Å². The molecule has 0 radical (unpaired) electrons. The van der Waals surface area contributed by atoms with Crippen LogP contribution >= 0.6 is 23.1 Å². The van der Waals surface area contributed by atoms with Gasteiger partial charge in [0.2, 0.25) is 11.1 Å². The van der Waals surface area contributed by atoms with Crippen LogP contribution in [-0.4, -0.2) is 32.7 Å². The summed E-state index contributed by atoms with van der Waals surface area (Å²) < 4.78 is 0. The molecule has 3 aromatic rings. The molecule has 0 fully saturated rings. The van der Waals surface area contributed by atoms with Crippen LogP contribution in [0.3, 0.4) is 0 Å². The van der Waals surface area contributed by atoms with Crippen LogP contribution in [0.15, 0.2) is 46.9 Å². The number of hydrogen-bond acceptors (Lipinski definition) is 6. The van der Waals surface area contributed by atoms with E-state index >= 15 is 0 Å². The highest BCUT2D eigenvalue weighted by Crippen LogP contribution is 2.19. The smallest absolute Gasteiger partial charge is 0.272 e. The average molecular weight is 373 g/mol. The van der Waals surface area contributed by atoms with Gasteiger partial charge in [0.25, 0.3) is 5.91 Å². The van der Waals surface area contributed by atoms with Gasteiger partial charge in [0.05, 0.1) is 10.6 Å². The van der Waals surface area contributed by atoms with Crippen LogP contribution in [0.5, 0.6) is 0 Å². The fourth-order valence-electron chi connectivity index (χ4n) is 1.91. The number of aryl methyl sites for hydroxylation is 1. The number of nitrogens with zero attached hydrogens (tertiary/aromatic N) is 2. The molecule has 9 heteroatoms. The van der Waals surface area contributed by atoms with Crippen molar-refractivity contribution >= 4 is 34.9 Å². The third kappa shape index (κ3) is 4.68. The average Bonchev–Trinajstić information content (AvgIpc) is 3.30. The second-order valence-electron chi connectivity index (χ2n) is 5.10. The Labute approximate surface area is 152 Å².